The molecule has 1 amide bonds. The number of nitrogens with one attached hydrogen (secondary N) is 2. The van der Waals surface area contributed by atoms with Gasteiger partial charge in [0.15, 0.2) is 9.84 Å². The van der Waals surface area contributed by atoms with Gasteiger partial charge in [-0.15, -0.1) is 0 Å². The van der Waals surface area contributed by atoms with Crippen molar-refractivity contribution in [3.63, 3.8) is 0 Å². The Bertz CT molecular complexity index is 1270. The predicted molar refractivity (Wildman–Crippen MR) is 136 cm³/mol. The van der Waals surface area contributed by atoms with Gasteiger partial charge in [-0.05, 0) is 49.6 Å². The number of aromatic nitrogens is 1. The molecular formula is C26H33N3O5S. The lowest BCUT2D eigenvalue weighted by Crippen LogP contribution is -2.40. The van der Waals surface area contributed by atoms with Crippen molar-refractivity contribution >= 4 is 26.6 Å². The third-order valence-corrected chi connectivity index (χ3v) is 7.80. The van der Waals surface area contributed by atoms with E-state index in [4.69, 9.17) is 4.74 Å². The third kappa shape index (κ3) is 6.42. The molecule has 188 valence electrons. The first kappa shape index (κ1) is 25.2. The molecule has 1 fully saturated rings. The molecule has 9 heteroatoms. The summed E-state index contributed by atoms with van der Waals surface area (Å²) in [6.45, 7) is 5.11. The largest absolute Gasteiger partial charge is 0.490 e. The number of aliphatic hydroxyl groups excluding tert-OH is 1. The lowest BCUT2D eigenvalue weighted by atomic mass is 10.0. The number of amides is 1. The molecule has 1 atom stereocenters. The Kier molecular flexibility index (Phi) is 7.78. The minimum absolute atomic E-state index is 0.112. The van der Waals surface area contributed by atoms with Crippen molar-refractivity contribution in [2.45, 2.75) is 39.0 Å². The van der Waals surface area contributed by atoms with Crippen LogP contribution in [-0.4, -0.2) is 72.7 Å². The summed E-state index contributed by atoms with van der Waals surface area (Å²) in [5.74, 6) is 0.468. The van der Waals surface area contributed by atoms with E-state index in [1.54, 1.807) is 12.1 Å². The lowest BCUT2D eigenvalue weighted by molar-refractivity contribution is 0.0910. The molecule has 1 aliphatic heterocycles. The van der Waals surface area contributed by atoms with Gasteiger partial charge >= 0.3 is 0 Å². The molecule has 1 aliphatic rings. The van der Waals surface area contributed by atoms with E-state index in [9.17, 15) is 18.3 Å². The van der Waals surface area contributed by atoms with Crippen LogP contribution in [0.25, 0.3) is 10.9 Å². The Labute approximate surface area is 206 Å². The van der Waals surface area contributed by atoms with Gasteiger partial charge in [0.1, 0.15) is 5.75 Å². The highest BCUT2D eigenvalue weighted by Gasteiger charge is 2.23. The SMILES string of the molecule is CC(C)Oc1ccc(CN2CCS(=O)(=O)CC2)cc1C(=O)N[C@@H](CO)Cc1c[nH]c2ccccc12. The molecule has 35 heavy (non-hydrogen) atoms. The van der Waals surface area contributed by atoms with Crippen LogP contribution in [0.2, 0.25) is 0 Å². The highest BCUT2D eigenvalue weighted by molar-refractivity contribution is 7.91. The number of carbonyl (C=O) groups excluding carboxylic acids is 1. The summed E-state index contributed by atoms with van der Waals surface area (Å²) < 4.78 is 29.4. The number of H-pyrrole nitrogens is 1. The van der Waals surface area contributed by atoms with Gasteiger partial charge in [0.25, 0.3) is 5.91 Å². The molecule has 0 unspecified atom stereocenters. The van der Waals surface area contributed by atoms with Gasteiger partial charge in [-0.3, -0.25) is 9.69 Å². The van der Waals surface area contributed by atoms with Gasteiger partial charge in [-0.25, -0.2) is 8.42 Å². The second kappa shape index (κ2) is 10.8. The minimum atomic E-state index is -2.95. The van der Waals surface area contributed by atoms with Crippen LogP contribution < -0.4 is 10.1 Å². The zero-order valence-corrected chi connectivity index (χ0v) is 21.0. The second-order valence-electron chi connectivity index (χ2n) is 9.34. The summed E-state index contributed by atoms with van der Waals surface area (Å²) in [7, 11) is -2.95. The molecule has 3 aromatic rings. The fraction of sp³-hybridized carbons (Fsp3) is 0.423. The number of benzene rings is 2. The van der Waals surface area contributed by atoms with Crippen molar-refractivity contribution < 1.29 is 23.1 Å². The Hall–Kier alpha value is -2.88. The average Bonchev–Trinajstić information content (AvgIpc) is 3.23. The first-order valence-electron chi connectivity index (χ1n) is 11.9. The smallest absolute Gasteiger partial charge is 0.255 e. The van der Waals surface area contributed by atoms with E-state index >= 15 is 0 Å². The first-order chi connectivity index (χ1) is 16.7. The zero-order valence-electron chi connectivity index (χ0n) is 20.2. The van der Waals surface area contributed by atoms with Crippen LogP contribution in [0, 0.1) is 0 Å². The predicted octanol–water partition coefficient (Wildman–Crippen LogP) is 2.52. The summed E-state index contributed by atoms with van der Waals surface area (Å²) in [4.78, 5) is 18.6. The number of para-hydroxylation sites is 1. The number of aromatic amines is 1. The number of aliphatic hydroxyl groups is 1. The number of hydrogen-bond acceptors (Lipinski definition) is 6. The molecule has 2 aromatic carbocycles. The highest BCUT2D eigenvalue weighted by atomic mass is 32.2. The number of nitrogens with zero attached hydrogens (tertiary/aromatic N) is 1. The molecule has 0 radical (unpaired) electrons. The Morgan fingerprint density at radius 1 is 1.17 bits per heavy atom. The summed E-state index contributed by atoms with van der Waals surface area (Å²) in [6.07, 6.45) is 2.28. The maximum Gasteiger partial charge on any atom is 0.255 e. The van der Waals surface area contributed by atoms with E-state index in [0.29, 0.717) is 37.4 Å². The molecule has 0 saturated carbocycles. The molecule has 1 saturated heterocycles. The van der Waals surface area contributed by atoms with Gasteiger partial charge in [-0.1, -0.05) is 24.3 Å². The Morgan fingerprint density at radius 3 is 2.63 bits per heavy atom. The number of carbonyl (C=O) groups is 1. The zero-order chi connectivity index (χ0) is 25.0. The highest BCUT2D eigenvalue weighted by Crippen LogP contribution is 2.24. The van der Waals surface area contributed by atoms with Crippen LogP contribution in [0.3, 0.4) is 0 Å². The Morgan fingerprint density at radius 2 is 1.91 bits per heavy atom. The number of sulfone groups is 1. The van der Waals surface area contributed by atoms with E-state index in [2.05, 4.69) is 15.2 Å². The molecule has 0 spiro atoms. The van der Waals surface area contributed by atoms with E-state index in [1.807, 2.05) is 50.4 Å². The van der Waals surface area contributed by atoms with E-state index in [1.165, 1.54) is 0 Å². The van der Waals surface area contributed by atoms with Crippen molar-refractivity contribution in [2.75, 3.05) is 31.2 Å². The van der Waals surface area contributed by atoms with Crippen molar-refractivity contribution in [2.24, 2.45) is 0 Å². The van der Waals surface area contributed by atoms with Crippen LogP contribution in [0.4, 0.5) is 0 Å². The first-order valence-corrected chi connectivity index (χ1v) is 13.8. The van der Waals surface area contributed by atoms with Gasteiger partial charge in [-0.2, -0.15) is 0 Å². The normalized spacial score (nSPS) is 16.9. The quantitative estimate of drug-likeness (QED) is 0.417. The van der Waals surface area contributed by atoms with E-state index in [0.717, 1.165) is 22.0 Å². The Balaban J connectivity index is 1.51. The summed E-state index contributed by atoms with van der Waals surface area (Å²) in [5, 5.41) is 14.0. The topological polar surface area (TPSA) is 112 Å². The third-order valence-electron chi connectivity index (χ3n) is 6.19. The standard InChI is InChI=1S/C26H33N3O5S/c1-18(2)34-25-8-7-19(16-29-9-11-35(32,33)12-10-29)13-23(25)26(31)28-21(17-30)14-20-15-27-24-6-4-3-5-22(20)24/h3-8,13,15,18,21,27,30H,9-12,14,16-17H2,1-2H3,(H,28,31)/t21-/m1/s1. The number of ether oxygens (including phenoxy) is 1. The van der Waals surface area contributed by atoms with Crippen LogP contribution in [0.1, 0.15) is 35.3 Å². The van der Waals surface area contributed by atoms with Crippen LogP contribution >= 0.6 is 0 Å². The molecule has 3 N–H and O–H groups in total. The van der Waals surface area contributed by atoms with E-state index in [-0.39, 0.29) is 30.1 Å². The van der Waals surface area contributed by atoms with Crippen molar-refractivity contribution in [3.05, 3.63) is 65.4 Å². The average molecular weight is 500 g/mol. The van der Waals surface area contributed by atoms with Gasteiger partial charge in [0.05, 0.1) is 35.8 Å². The van der Waals surface area contributed by atoms with Gasteiger partial charge < -0.3 is 20.1 Å². The monoisotopic (exact) mass is 499 g/mol. The molecule has 2 heterocycles. The number of fused-ring (bicyclic) bond motifs is 1. The molecule has 1 aromatic heterocycles. The lowest BCUT2D eigenvalue weighted by Gasteiger charge is -2.27. The molecule has 4 rings (SSSR count). The molecule has 0 aliphatic carbocycles. The number of hydrogen-bond donors (Lipinski definition) is 3. The fourth-order valence-electron chi connectivity index (χ4n) is 4.37. The summed E-state index contributed by atoms with van der Waals surface area (Å²) in [5.41, 5.74) is 3.34. The van der Waals surface area contributed by atoms with Crippen LogP contribution in [0.15, 0.2) is 48.7 Å². The van der Waals surface area contributed by atoms with E-state index < -0.39 is 15.9 Å². The van der Waals surface area contributed by atoms with Crippen LogP contribution in [0.5, 0.6) is 5.75 Å². The van der Waals surface area contributed by atoms with Gasteiger partial charge in [0.2, 0.25) is 0 Å². The number of rotatable bonds is 9. The maximum atomic E-state index is 13.3. The summed E-state index contributed by atoms with van der Waals surface area (Å²) in [6, 6.07) is 13.0. The van der Waals surface area contributed by atoms with Crippen molar-refractivity contribution in [3.8, 4) is 5.75 Å². The minimum Gasteiger partial charge on any atom is -0.490 e. The maximum absolute atomic E-state index is 13.3. The van der Waals surface area contributed by atoms with Crippen molar-refractivity contribution in [1.82, 2.24) is 15.2 Å². The molecule has 0 bridgehead atoms. The molecular weight excluding hydrogens is 466 g/mol. The summed E-state index contributed by atoms with van der Waals surface area (Å²) >= 11 is 0. The fourth-order valence-corrected chi connectivity index (χ4v) is 5.64. The van der Waals surface area contributed by atoms with Gasteiger partial charge in [0, 0.05) is 36.7 Å². The molecule has 8 nitrogen and oxygen atoms in total. The van der Waals surface area contributed by atoms with Crippen molar-refractivity contribution in [1.29, 1.82) is 0 Å². The second-order valence-corrected chi connectivity index (χ2v) is 11.6. The van der Waals surface area contributed by atoms with Crippen LogP contribution in [-0.2, 0) is 22.8 Å².